The maximum atomic E-state index is 10.8. The number of hydrogen-bond acceptors (Lipinski definition) is 2. The summed E-state index contributed by atoms with van der Waals surface area (Å²) in [6.07, 6.45) is 0.253. The van der Waals surface area contributed by atoms with Gasteiger partial charge in [-0.05, 0) is 52.6 Å². The number of rotatable bonds is 5. The van der Waals surface area contributed by atoms with Crippen molar-refractivity contribution in [3.8, 4) is 0 Å². The molecule has 1 rings (SSSR count). The normalized spacial score (nSPS) is 12.4. The average Bonchev–Trinajstić information content (AvgIpc) is 2.26. The molecule has 16 heavy (non-hydrogen) atoms. The lowest BCUT2D eigenvalue weighted by Crippen LogP contribution is -2.13. The van der Waals surface area contributed by atoms with E-state index in [9.17, 15) is 9.90 Å². The number of alkyl halides is 1. The van der Waals surface area contributed by atoms with Gasteiger partial charge in [0.2, 0.25) is 0 Å². The molecule has 0 bridgehead atoms. The first kappa shape index (κ1) is 13.9. The Morgan fingerprint density at radius 3 is 2.75 bits per heavy atom. The Morgan fingerprint density at radius 2 is 2.19 bits per heavy atom. The van der Waals surface area contributed by atoms with Crippen molar-refractivity contribution < 1.29 is 15.0 Å². The molecule has 0 saturated carbocycles. The molecule has 1 aromatic carbocycles. The molecule has 0 amide bonds. The van der Waals surface area contributed by atoms with E-state index in [-0.39, 0.29) is 0 Å². The van der Waals surface area contributed by atoms with Gasteiger partial charge in [0.05, 0.1) is 0 Å². The quantitative estimate of drug-likeness (QED) is 0.592. The van der Waals surface area contributed by atoms with Crippen molar-refractivity contribution in [3.05, 3.63) is 32.9 Å². The number of halogens is 2. The SMILES string of the molecule is O=C(O)C(O)c1cccc(I)c1CCCBr. The van der Waals surface area contributed by atoms with Gasteiger partial charge in [0.25, 0.3) is 0 Å². The van der Waals surface area contributed by atoms with Gasteiger partial charge in [-0.2, -0.15) is 0 Å². The molecule has 1 atom stereocenters. The van der Waals surface area contributed by atoms with E-state index >= 15 is 0 Å². The first-order valence-corrected chi connectivity index (χ1v) is 7.02. The summed E-state index contributed by atoms with van der Waals surface area (Å²) in [5.41, 5.74) is 1.43. The number of benzene rings is 1. The van der Waals surface area contributed by atoms with Crippen LogP contribution in [0.4, 0.5) is 0 Å². The molecule has 3 nitrogen and oxygen atoms in total. The van der Waals surface area contributed by atoms with Crippen LogP contribution in [0.5, 0.6) is 0 Å². The zero-order valence-corrected chi connectivity index (χ0v) is 12.2. The highest BCUT2D eigenvalue weighted by Gasteiger charge is 2.20. The molecule has 0 radical (unpaired) electrons. The molecular weight excluding hydrogens is 387 g/mol. The number of carbonyl (C=O) groups is 1. The highest BCUT2D eigenvalue weighted by Crippen LogP contribution is 2.24. The van der Waals surface area contributed by atoms with Crippen molar-refractivity contribution in [3.63, 3.8) is 0 Å². The van der Waals surface area contributed by atoms with Gasteiger partial charge < -0.3 is 10.2 Å². The summed E-state index contributed by atoms with van der Waals surface area (Å²) in [6.45, 7) is 0. The van der Waals surface area contributed by atoms with Crippen molar-refractivity contribution >= 4 is 44.5 Å². The summed E-state index contributed by atoms with van der Waals surface area (Å²) in [5.74, 6) is -1.21. The van der Waals surface area contributed by atoms with Gasteiger partial charge in [-0.25, -0.2) is 4.79 Å². The fraction of sp³-hybridized carbons (Fsp3) is 0.364. The monoisotopic (exact) mass is 398 g/mol. The Morgan fingerprint density at radius 1 is 1.50 bits per heavy atom. The lowest BCUT2D eigenvalue weighted by Gasteiger charge is -2.13. The molecule has 0 saturated heterocycles. The summed E-state index contributed by atoms with van der Waals surface area (Å²) in [4.78, 5) is 10.8. The predicted molar refractivity (Wildman–Crippen MR) is 73.9 cm³/mol. The van der Waals surface area contributed by atoms with E-state index in [4.69, 9.17) is 5.11 Å². The van der Waals surface area contributed by atoms with Crippen molar-refractivity contribution in [1.82, 2.24) is 0 Å². The van der Waals surface area contributed by atoms with Gasteiger partial charge >= 0.3 is 5.97 Å². The van der Waals surface area contributed by atoms with Crippen molar-refractivity contribution in [1.29, 1.82) is 0 Å². The van der Waals surface area contributed by atoms with Gasteiger partial charge in [0.15, 0.2) is 6.10 Å². The maximum absolute atomic E-state index is 10.8. The Kier molecular flexibility index (Phi) is 5.71. The predicted octanol–water partition coefficient (Wildman–Crippen LogP) is 2.74. The van der Waals surface area contributed by atoms with Gasteiger partial charge in [-0.3, -0.25) is 0 Å². The van der Waals surface area contributed by atoms with Crippen LogP contribution >= 0.6 is 38.5 Å². The van der Waals surface area contributed by atoms with Crippen LogP contribution in [0.15, 0.2) is 18.2 Å². The molecule has 1 unspecified atom stereocenters. The third-order valence-electron chi connectivity index (χ3n) is 2.24. The van der Waals surface area contributed by atoms with E-state index in [1.54, 1.807) is 12.1 Å². The Labute approximate surface area is 116 Å². The molecule has 0 aliphatic heterocycles. The van der Waals surface area contributed by atoms with E-state index in [2.05, 4.69) is 38.5 Å². The highest BCUT2D eigenvalue weighted by atomic mass is 127. The van der Waals surface area contributed by atoms with Crippen LogP contribution in [0.2, 0.25) is 0 Å². The number of carboxylic acids is 1. The molecule has 0 aromatic heterocycles. The average molecular weight is 399 g/mol. The van der Waals surface area contributed by atoms with Crippen LogP contribution in [-0.2, 0) is 11.2 Å². The summed E-state index contributed by atoms with van der Waals surface area (Å²) < 4.78 is 0.997. The molecule has 0 fully saturated rings. The van der Waals surface area contributed by atoms with Crippen LogP contribution in [0.1, 0.15) is 23.7 Å². The minimum Gasteiger partial charge on any atom is -0.479 e. The molecule has 88 valence electrons. The first-order chi connectivity index (χ1) is 7.57. The number of carboxylic acid groups (broad SMARTS) is 1. The molecule has 0 heterocycles. The molecular formula is C11H12BrIO3. The molecule has 0 spiro atoms. The number of aliphatic hydroxyl groups is 1. The number of aliphatic carboxylic acids is 1. The second-order valence-corrected chi connectivity index (χ2v) is 5.30. The molecule has 5 heteroatoms. The minimum absolute atomic E-state index is 0.500. The van der Waals surface area contributed by atoms with E-state index in [0.717, 1.165) is 27.3 Å². The zero-order chi connectivity index (χ0) is 12.1. The third-order valence-corrected chi connectivity index (χ3v) is 3.82. The van der Waals surface area contributed by atoms with Crippen LogP contribution in [0.3, 0.4) is 0 Å². The molecule has 1 aromatic rings. The highest BCUT2D eigenvalue weighted by molar-refractivity contribution is 14.1. The molecule has 0 aliphatic carbocycles. The summed E-state index contributed by atoms with van der Waals surface area (Å²) in [6, 6.07) is 5.35. The van der Waals surface area contributed by atoms with Crippen LogP contribution in [-0.4, -0.2) is 21.5 Å². The standard InChI is InChI=1S/C11H12BrIO3/c12-6-2-4-7-8(10(14)11(15)16)3-1-5-9(7)13/h1,3,5,10,14H,2,4,6H2,(H,15,16). The fourth-order valence-corrected chi connectivity index (χ4v) is 2.54. The van der Waals surface area contributed by atoms with E-state index in [1.807, 2.05) is 6.07 Å². The summed E-state index contributed by atoms with van der Waals surface area (Å²) in [7, 11) is 0. The van der Waals surface area contributed by atoms with Crippen molar-refractivity contribution in [2.24, 2.45) is 0 Å². The van der Waals surface area contributed by atoms with Gasteiger partial charge in [-0.1, -0.05) is 28.1 Å². The summed E-state index contributed by atoms with van der Waals surface area (Å²) in [5, 5.41) is 19.3. The van der Waals surface area contributed by atoms with Gasteiger partial charge in [0, 0.05) is 8.90 Å². The largest absolute Gasteiger partial charge is 0.479 e. The topological polar surface area (TPSA) is 57.5 Å². The minimum atomic E-state index is -1.43. The first-order valence-electron chi connectivity index (χ1n) is 4.82. The van der Waals surface area contributed by atoms with E-state index in [0.29, 0.717) is 5.56 Å². The second kappa shape index (κ2) is 6.56. The van der Waals surface area contributed by atoms with Crippen LogP contribution in [0.25, 0.3) is 0 Å². The van der Waals surface area contributed by atoms with Crippen LogP contribution in [0, 0.1) is 3.57 Å². The molecule has 2 N–H and O–H groups in total. The second-order valence-electron chi connectivity index (χ2n) is 3.34. The number of hydrogen-bond donors (Lipinski definition) is 2. The zero-order valence-electron chi connectivity index (χ0n) is 8.49. The molecule has 0 aliphatic rings. The lowest BCUT2D eigenvalue weighted by molar-refractivity contribution is -0.147. The van der Waals surface area contributed by atoms with Gasteiger partial charge in [0.1, 0.15) is 0 Å². The lowest BCUT2D eigenvalue weighted by atomic mass is 9.99. The Balaban J connectivity index is 3.06. The Hall–Kier alpha value is -0.140. The van der Waals surface area contributed by atoms with E-state index < -0.39 is 12.1 Å². The number of aliphatic hydroxyl groups excluding tert-OH is 1. The summed E-state index contributed by atoms with van der Waals surface area (Å²) >= 11 is 5.50. The van der Waals surface area contributed by atoms with Crippen molar-refractivity contribution in [2.45, 2.75) is 18.9 Å². The van der Waals surface area contributed by atoms with Gasteiger partial charge in [-0.15, -0.1) is 0 Å². The van der Waals surface area contributed by atoms with Crippen LogP contribution < -0.4 is 0 Å². The Bertz CT molecular complexity index is 381. The van der Waals surface area contributed by atoms with Crippen molar-refractivity contribution in [2.75, 3.05) is 5.33 Å². The third kappa shape index (κ3) is 3.43. The van der Waals surface area contributed by atoms with E-state index in [1.165, 1.54) is 0 Å². The fourth-order valence-electron chi connectivity index (χ4n) is 1.47. The maximum Gasteiger partial charge on any atom is 0.337 e. The smallest absolute Gasteiger partial charge is 0.337 e.